The third-order valence-electron chi connectivity index (χ3n) is 4.47. The Hall–Kier alpha value is -3.81. The summed E-state index contributed by atoms with van der Waals surface area (Å²) in [5, 5.41) is 19.8. The molecule has 0 unspecified atom stereocenters. The maximum Gasteiger partial charge on any atom is 0.250 e. The van der Waals surface area contributed by atoms with Crippen molar-refractivity contribution in [2.75, 3.05) is 5.32 Å². The molecule has 0 spiro atoms. The van der Waals surface area contributed by atoms with Crippen molar-refractivity contribution < 1.29 is 4.79 Å². The van der Waals surface area contributed by atoms with Crippen LogP contribution in [0.15, 0.2) is 48.5 Å². The summed E-state index contributed by atoms with van der Waals surface area (Å²) in [4.78, 5) is 16.3. The number of benzene rings is 2. The Kier molecular flexibility index (Phi) is 4.67. The molecule has 4 rings (SSSR count). The summed E-state index contributed by atoms with van der Waals surface area (Å²) in [6, 6.07) is 15.3. The zero-order chi connectivity index (χ0) is 19.5. The summed E-state index contributed by atoms with van der Waals surface area (Å²) in [7, 11) is 0. The minimum Gasteiger partial charge on any atom is -0.366 e. The number of hydrogen-bond donors (Lipinski definition) is 3. The number of aromatic nitrogens is 5. The molecule has 140 valence electrons. The third-order valence-corrected chi connectivity index (χ3v) is 4.47. The van der Waals surface area contributed by atoms with Crippen LogP contribution in [0, 0.1) is 0 Å². The number of rotatable bonds is 6. The molecule has 0 aliphatic rings. The topological polar surface area (TPSA) is 122 Å². The maximum atomic E-state index is 11.6. The fourth-order valence-corrected chi connectivity index (χ4v) is 3.02. The van der Waals surface area contributed by atoms with Gasteiger partial charge in [-0.3, -0.25) is 9.89 Å². The Bertz CT molecular complexity index is 1140. The minimum absolute atomic E-state index is 0.348. The number of carbonyl (C=O) groups excluding carboxylic acids is 1. The van der Waals surface area contributed by atoms with Gasteiger partial charge in [-0.25, -0.2) is 4.98 Å². The number of amides is 1. The van der Waals surface area contributed by atoms with E-state index in [9.17, 15) is 4.79 Å². The van der Waals surface area contributed by atoms with Gasteiger partial charge >= 0.3 is 0 Å². The normalized spacial score (nSPS) is 10.9. The highest BCUT2D eigenvalue weighted by atomic mass is 16.1. The van der Waals surface area contributed by atoms with E-state index in [0.29, 0.717) is 41.4 Å². The average Bonchev–Trinajstić information content (AvgIpc) is 3.17. The average molecular weight is 373 g/mol. The summed E-state index contributed by atoms with van der Waals surface area (Å²) >= 11 is 0. The van der Waals surface area contributed by atoms with Crippen molar-refractivity contribution in [2.45, 2.75) is 19.9 Å². The lowest BCUT2D eigenvalue weighted by Crippen LogP contribution is -2.11. The first-order valence-corrected chi connectivity index (χ1v) is 8.96. The number of carbonyl (C=O) groups is 1. The number of nitrogens with one attached hydrogen (secondary N) is 2. The van der Waals surface area contributed by atoms with E-state index in [1.807, 2.05) is 43.3 Å². The van der Waals surface area contributed by atoms with Crippen molar-refractivity contribution in [3.63, 3.8) is 0 Å². The van der Waals surface area contributed by atoms with Crippen LogP contribution in [-0.4, -0.2) is 31.3 Å². The van der Waals surface area contributed by atoms with Crippen LogP contribution in [0.25, 0.3) is 22.4 Å². The lowest BCUT2D eigenvalue weighted by Gasteiger charge is -2.10. The molecule has 0 aliphatic heterocycles. The molecule has 0 saturated heterocycles. The van der Waals surface area contributed by atoms with Gasteiger partial charge in [0.25, 0.3) is 5.91 Å². The zero-order valence-corrected chi connectivity index (χ0v) is 15.3. The number of aromatic amines is 1. The predicted octanol–water partition coefficient (Wildman–Crippen LogP) is 2.69. The summed E-state index contributed by atoms with van der Waals surface area (Å²) < 4.78 is 0. The van der Waals surface area contributed by atoms with Gasteiger partial charge in [0.1, 0.15) is 16.9 Å². The van der Waals surface area contributed by atoms with Gasteiger partial charge in [-0.15, -0.1) is 10.2 Å². The molecule has 0 bridgehead atoms. The number of anilines is 1. The van der Waals surface area contributed by atoms with E-state index in [1.165, 1.54) is 0 Å². The number of hydrogen-bond acceptors (Lipinski definition) is 6. The second kappa shape index (κ2) is 7.43. The van der Waals surface area contributed by atoms with Crippen LogP contribution in [0.2, 0.25) is 0 Å². The molecule has 2 heterocycles. The predicted molar refractivity (Wildman–Crippen MR) is 107 cm³/mol. The van der Waals surface area contributed by atoms with Crippen molar-refractivity contribution >= 4 is 22.6 Å². The molecule has 8 nitrogen and oxygen atoms in total. The van der Waals surface area contributed by atoms with Crippen LogP contribution in [0.3, 0.4) is 0 Å². The largest absolute Gasteiger partial charge is 0.366 e. The van der Waals surface area contributed by atoms with Crippen LogP contribution in [0.5, 0.6) is 0 Å². The molecule has 0 saturated carbocycles. The quantitative estimate of drug-likeness (QED) is 0.477. The van der Waals surface area contributed by atoms with Crippen molar-refractivity contribution in [2.24, 2.45) is 5.73 Å². The third kappa shape index (κ3) is 3.27. The minimum atomic E-state index is -0.533. The Labute approximate surface area is 161 Å². The van der Waals surface area contributed by atoms with E-state index in [2.05, 4.69) is 30.7 Å². The van der Waals surface area contributed by atoms with E-state index in [4.69, 9.17) is 5.73 Å². The summed E-state index contributed by atoms with van der Waals surface area (Å²) in [6.45, 7) is 2.63. The summed E-state index contributed by atoms with van der Waals surface area (Å²) in [5.74, 6) is 0.538. The first-order valence-electron chi connectivity index (χ1n) is 8.96. The monoisotopic (exact) mass is 373 g/mol. The number of nitrogens with two attached hydrogens (primary N) is 1. The second-order valence-electron chi connectivity index (χ2n) is 6.29. The van der Waals surface area contributed by atoms with Crippen LogP contribution in [-0.2, 0) is 13.0 Å². The molecule has 28 heavy (non-hydrogen) atoms. The van der Waals surface area contributed by atoms with E-state index in [-0.39, 0.29) is 0 Å². The second-order valence-corrected chi connectivity index (χ2v) is 6.29. The molecule has 0 atom stereocenters. The molecular formula is C20H19N7O. The molecule has 2 aromatic carbocycles. The molecule has 4 aromatic rings. The van der Waals surface area contributed by atoms with Gasteiger partial charge in [0.15, 0.2) is 5.82 Å². The van der Waals surface area contributed by atoms with Crippen LogP contribution in [0.1, 0.15) is 28.5 Å². The fourth-order valence-electron chi connectivity index (χ4n) is 3.02. The summed E-state index contributed by atoms with van der Waals surface area (Å²) in [6.07, 6.45) is 0.701. The van der Waals surface area contributed by atoms with Gasteiger partial charge in [0.05, 0.1) is 5.56 Å². The number of primary amides is 1. The van der Waals surface area contributed by atoms with E-state index in [1.54, 1.807) is 12.1 Å². The van der Waals surface area contributed by atoms with E-state index >= 15 is 0 Å². The highest BCUT2D eigenvalue weighted by Gasteiger charge is 2.17. The van der Waals surface area contributed by atoms with Crippen molar-refractivity contribution in [3.05, 3.63) is 65.4 Å². The van der Waals surface area contributed by atoms with E-state index < -0.39 is 5.91 Å². The van der Waals surface area contributed by atoms with Crippen LogP contribution < -0.4 is 11.1 Å². The Balaban J connectivity index is 1.72. The number of H-pyrrole nitrogens is 1. The molecular weight excluding hydrogens is 354 g/mol. The maximum absolute atomic E-state index is 11.6. The summed E-state index contributed by atoms with van der Waals surface area (Å²) in [5.41, 5.74) is 8.79. The molecule has 2 aromatic heterocycles. The molecule has 1 amide bonds. The smallest absolute Gasteiger partial charge is 0.250 e. The molecule has 0 fully saturated rings. The van der Waals surface area contributed by atoms with Gasteiger partial charge < -0.3 is 11.1 Å². The molecule has 0 radical (unpaired) electrons. The lowest BCUT2D eigenvalue weighted by atomic mass is 10.1. The number of para-hydroxylation sites is 1. The molecule has 8 heteroatoms. The Morgan fingerprint density at radius 2 is 1.93 bits per heavy atom. The highest BCUT2D eigenvalue weighted by molar-refractivity contribution is 6.07. The lowest BCUT2D eigenvalue weighted by molar-refractivity contribution is 0.100. The first-order chi connectivity index (χ1) is 13.7. The fraction of sp³-hybridized carbons (Fsp3) is 0.150. The number of fused-ring (bicyclic) bond motifs is 1. The Morgan fingerprint density at radius 3 is 2.68 bits per heavy atom. The zero-order valence-electron chi connectivity index (χ0n) is 15.3. The number of aryl methyl sites for hydroxylation is 1. The van der Waals surface area contributed by atoms with Crippen molar-refractivity contribution in [3.8, 4) is 11.5 Å². The van der Waals surface area contributed by atoms with Gasteiger partial charge in [0, 0.05) is 11.9 Å². The molecule has 0 aliphatic carbocycles. The van der Waals surface area contributed by atoms with Gasteiger partial charge in [0.2, 0.25) is 5.82 Å². The SMILES string of the molecule is CCc1nnc(-c2[nH]nc3c(C(N)=O)cccc23)nc1NCc1ccccc1. The van der Waals surface area contributed by atoms with E-state index in [0.717, 1.165) is 16.6 Å². The molecule has 4 N–H and O–H groups in total. The van der Waals surface area contributed by atoms with Crippen molar-refractivity contribution in [1.29, 1.82) is 0 Å². The van der Waals surface area contributed by atoms with Crippen molar-refractivity contribution in [1.82, 2.24) is 25.4 Å². The number of nitrogens with zero attached hydrogens (tertiary/aromatic N) is 4. The first kappa shape index (κ1) is 17.6. The standard InChI is InChI=1S/C20H19N7O/c1-2-15-19(22-11-12-7-4-3-5-8-12)23-20(27-24-15)17-13-9-6-10-14(18(21)28)16(13)25-26-17/h3-10H,2,11H2,1H3,(H2,21,28)(H,25,26)(H,22,23,27). The highest BCUT2D eigenvalue weighted by Crippen LogP contribution is 2.26. The van der Waals surface area contributed by atoms with Gasteiger partial charge in [-0.05, 0) is 18.1 Å². The Morgan fingerprint density at radius 1 is 1.11 bits per heavy atom. The van der Waals surface area contributed by atoms with Crippen LogP contribution in [0.4, 0.5) is 5.82 Å². The van der Waals surface area contributed by atoms with Gasteiger partial charge in [-0.2, -0.15) is 5.10 Å². The van der Waals surface area contributed by atoms with Gasteiger partial charge in [-0.1, -0.05) is 49.4 Å². The van der Waals surface area contributed by atoms with Crippen LogP contribution >= 0.6 is 0 Å².